The Balaban J connectivity index is 1.41. The molecule has 0 radical (unpaired) electrons. The highest BCUT2D eigenvalue weighted by Gasteiger charge is 2.08. The zero-order valence-corrected chi connectivity index (χ0v) is 14.7. The van der Waals surface area contributed by atoms with Gasteiger partial charge < -0.3 is 15.2 Å². The molecule has 0 aliphatic rings. The fourth-order valence-corrected chi connectivity index (χ4v) is 2.75. The molecule has 0 bridgehead atoms. The molecule has 2 amide bonds. The molecule has 3 rings (SSSR count). The van der Waals surface area contributed by atoms with Crippen LogP contribution in [0, 0.1) is 6.92 Å². The number of nitrogens with zero attached hydrogens (tertiary/aromatic N) is 2. The summed E-state index contributed by atoms with van der Waals surface area (Å²) in [5.41, 5.74) is 4.39. The summed E-state index contributed by atoms with van der Waals surface area (Å²) in [4.78, 5) is 21.7. The van der Waals surface area contributed by atoms with Gasteiger partial charge in [-0.05, 0) is 31.0 Å². The van der Waals surface area contributed by atoms with Gasteiger partial charge in [0.2, 0.25) is 0 Å². The van der Waals surface area contributed by atoms with E-state index in [0.29, 0.717) is 13.1 Å². The summed E-state index contributed by atoms with van der Waals surface area (Å²) in [6, 6.07) is 16.2. The number of nitrogens with one attached hydrogen (secondary N) is 2. The third kappa shape index (κ3) is 4.59. The van der Waals surface area contributed by atoms with Crippen LogP contribution in [0.5, 0.6) is 0 Å². The molecule has 0 saturated carbocycles. The van der Waals surface area contributed by atoms with Crippen LogP contribution in [0.25, 0.3) is 11.0 Å². The third-order valence-corrected chi connectivity index (χ3v) is 4.19. The largest absolute Gasteiger partial charge is 0.342 e. The number of aromatic amines is 1. The molecular weight excluding hydrogens is 312 g/mol. The Hall–Kier alpha value is -2.82. The summed E-state index contributed by atoms with van der Waals surface area (Å²) in [7, 11) is 1.81. The molecule has 5 nitrogen and oxygen atoms in total. The van der Waals surface area contributed by atoms with E-state index < -0.39 is 0 Å². The molecule has 5 heteroatoms. The van der Waals surface area contributed by atoms with Crippen LogP contribution in [-0.4, -0.2) is 34.5 Å². The summed E-state index contributed by atoms with van der Waals surface area (Å²) in [5, 5.41) is 2.96. The summed E-state index contributed by atoms with van der Waals surface area (Å²) >= 11 is 0. The van der Waals surface area contributed by atoms with Crippen molar-refractivity contribution in [2.24, 2.45) is 0 Å². The average Bonchev–Trinajstić information content (AvgIpc) is 3.03. The van der Waals surface area contributed by atoms with Crippen molar-refractivity contribution in [3.63, 3.8) is 0 Å². The number of benzene rings is 2. The van der Waals surface area contributed by atoms with Crippen LogP contribution in [0.4, 0.5) is 4.79 Å². The monoisotopic (exact) mass is 336 g/mol. The van der Waals surface area contributed by atoms with Crippen LogP contribution in [0.2, 0.25) is 0 Å². The number of aromatic nitrogens is 2. The Morgan fingerprint density at radius 3 is 2.68 bits per heavy atom. The van der Waals surface area contributed by atoms with Gasteiger partial charge in [-0.15, -0.1) is 0 Å². The van der Waals surface area contributed by atoms with Gasteiger partial charge in [0, 0.05) is 26.6 Å². The van der Waals surface area contributed by atoms with Crippen molar-refractivity contribution in [1.82, 2.24) is 20.2 Å². The number of imidazole rings is 1. The first-order valence-electron chi connectivity index (χ1n) is 8.60. The number of H-pyrrole nitrogens is 1. The SMILES string of the molecule is Cc1ccc(CN(C)C(=O)NCCCc2nc3ccccc3[nH]2)cc1. The molecule has 0 saturated heterocycles. The molecule has 0 fully saturated rings. The lowest BCUT2D eigenvalue weighted by molar-refractivity contribution is 0.207. The van der Waals surface area contributed by atoms with Gasteiger partial charge in [0.15, 0.2) is 0 Å². The number of aryl methyl sites for hydroxylation is 2. The van der Waals surface area contributed by atoms with Crippen molar-refractivity contribution in [2.45, 2.75) is 26.3 Å². The van der Waals surface area contributed by atoms with E-state index in [9.17, 15) is 4.79 Å². The van der Waals surface area contributed by atoms with Gasteiger partial charge in [-0.2, -0.15) is 0 Å². The maximum absolute atomic E-state index is 12.2. The minimum atomic E-state index is -0.0508. The molecule has 3 aromatic rings. The van der Waals surface area contributed by atoms with Gasteiger partial charge in [-0.1, -0.05) is 42.0 Å². The minimum absolute atomic E-state index is 0.0508. The van der Waals surface area contributed by atoms with Crippen molar-refractivity contribution < 1.29 is 4.79 Å². The Labute approximate surface area is 148 Å². The maximum Gasteiger partial charge on any atom is 0.317 e. The van der Waals surface area contributed by atoms with E-state index in [4.69, 9.17) is 0 Å². The molecule has 1 heterocycles. The first-order chi connectivity index (χ1) is 12.1. The number of amides is 2. The third-order valence-electron chi connectivity index (χ3n) is 4.19. The number of fused-ring (bicyclic) bond motifs is 1. The molecule has 1 aromatic heterocycles. The molecule has 25 heavy (non-hydrogen) atoms. The summed E-state index contributed by atoms with van der Waals surface area (Å²) in [6.07, 6.45) is 1.67. The molecule has 0 spiro atoms. The fourth-order valence-electron chi connectivity index (χ4n) is 2.75. The quantitative estimate of drug-likeness (QED) is 0.675. The Bertz CT molecular complexity index is 805. The number of urea groups is 1. The predicted octanol–water partition coefficient (Wildman–Crippen LogP) is 3.65. The van der Waals surface area contributed by atoms with Crippen molar-refractivity contribution in [3.05, 3.63) is 65.5 Å². The van der Waals surface area contributed by atoms with E-state index in [2.05, 4.69) is 46.5 Å². The lowest BCUT2D eigenvalue weighted by atomic mass is 10.1. The molecule has 0 atom stereocenters. The number of hydrogen-bond donors (Lipinski definition) is 2. The van der Waals surface area contributed by atoms with Gasteiger partial charge in [-0.25, -0.2) is 9.78 Å². The van der Waals surface area contributed by atoms with Gasteiger partial charge in [0.1, 0.15) is 5.82 Å². The number of hydrogen-bond acceptors (Lipinski definition) is 2. The van der Waals surface area contributed by atoms with Gasteiger partial charge in [0.05, 0.1) is 11.0 Å². The second kappa shape index (κ2) is 7.83. The zero-order valence-electron chi connectivity index (χ0n) is 14.7. The van der Waals surface area contributed by atoms with Crippen LogP contribution in [0.15, 0.2) is 48.5 Å². The highest BCUT2D eigenvalue weighted by molar-refractivity contribution is 5.75. The van der Waals surface area contributed by atoms with E-state index in [-0.39, 0.29) is 6.03 Å². The van der Waals surface area contributed by atoms with E-state index in [0.717, 1.165) is 35.3 Å². The first kappa shape index (κ1) is 17.0. The lowest BCUT2D eigenvalue weighted by Gasteiger charge is -2.18. The van der Waals surface area contributed by atoms with Crippen molar-refractivity contribution in [1.29, 1.82) is 0 Å². The second-order valence-electron chi connectivity index (χ2n) is 6.38. The smallest absolute Gasteiger partial charge is 0.317 e. The number of carbonyl (C=O) groups is 1. The zero-order chi connectivity index (χ0) is 17.6. The number of carbonyl (C=O) groups excluding carboxylic acids is 1. The average molecular weight is 336 g/mol. The molecule has 2 N–H and O–H groups in total. The Morgan fingerprint density at radius 2 is 1.92 bits per heavy atom. The summed E-state index contributed by atoms with van der Waals surface area (Å²) in [5.74, 6) is 0.962. The predicted molar refractivity (Wildman–Crippen MR) is 100 cm³/mol. The maximum atomic E-state index is 12.2. The van der Waals surface area contributed by atoms with E-state index in [1.807, 2.05) is 31.3 Å². The molecule has 0 aliphatic heterocycles. The van der Waals surface area contributed by atoms with Crippen LogP contribution >= 0.6 is 0 Å². The fraction of sp³-hybridized carbons (Fsp3) is 0.300. The standard InChI is InChI=1S/C20H24N4O/c1-15-9-11-16(12-10-15)14-24(2)20(25)21-13-5-8-19-22-17-6-3-4-7-18(17)23-19/h3-4,6-7,9-12H,5,8,13-14H2,1-2H3,(H,21,25)(H,22,23). The van der Waals surface area contributed by atoms with Crippen molar-refractivity contribution in [3.8, 4) is 0 Å². The van der Waals surface area contributed by atoms with Crippen LogP contribution in [0.3, 0.4) is 0 Å². The molecule has 2 aromatic carbocycles. The summed E-state index contributed by atoms with van der Waals surface area (Å²) < 4.78 is 0. The Morgan fingerprint density at radius 1 is 1.16 bits per heavy atom. The topological polar surface area (TPSA) is 61.0 Å². The van der Waals surface area contributed by atoms with Gasteiger partial charge in [0.25, 0.3) is 0 Å². The van der Waals surface area contributed by atoms with Crippen LogP contribution in [0.1, 0.15) is 23.4 Å². The van der Waals surface area contributed by atoms with E-state index in [1.165, 1.54) is 5.56 Å². The molecule has 130 valence electrons. The van der Waals surface area contributed by atoms with Crippen LogP contribution in [-0.2, 0) is 13.0 Å². The highest BCUT2D eigenvalue weighted by Crippen LogP contribution is 2.11. The van der Waals surface area contributed by atoms with Gasteiger partial charge in [-0.3, -0.25) is 0 Å². The van der Waals surface area contributed by atoms with Crippen LogP contribution < -0.4 is 5.32 Å². The minimum Gasteiger partial charge on any atom is -0.342 e. The molecule has 0 unspecified atom stereocenters. The van der Waals surface area contributed by atoms with E-state index in [1.54, 1.807) is 4.90 Å². The van der Waals surface area contributed by atoms with Gasteiger partial charge >= 0.3 is 6.03 Å². The second-order valence-corrected chi connectivity index (χ2v) is 6.38. The normalized spacial score (nSPS) is 10.8. The number of para-hydroxylation sites is 2. The lowest BCUT2D eigenvalue weighted by Crippen LogP contribution is -2.37. The summed E-state index contributed by atoms with van der Waals surface area (Å²) in [6.45, 7) is 3.30. The van der Waals surface area contributed by atoms with Crippen molar-refractivity contribution in [2.75, 3.05) is 13.6 Å². The molecule has 0 aliphatic carbocycles. The first-order valence-corrected chi connectivity index (χ1v) is 8.60. The number of rotatable bonds is 6. The Kier molecular flexibility index (Phi) is 5.33. The van der Waals surface area contributed by atoms with Crippen molar-refractivity contribution >= 4 is 17.1 Å². The molecular formula is C20H24N4O. The van der Waals surface area contributed by atoms with E-state index >= 15 is 0 Å². The highest BCUT2D eigenvalue weighted by atomic mass is 16.2.